The van der Waals surface area contributed by atoms with Gasteiger partial charge in [-0.1, -0.05) is 54.1 Å². The number of carbonyl (C=O) groups is 2. The summed E-state index contributed by atoms with van der Waals surface area (Å²) in [5.41, 5.74) is 5.12. The standard InChI is InChI=1S/C34H32N2O5/c1-23-7-6-8-25(19-23)22-36-29-9-4-5-10-31(29)41-32(34(36)38)20-24-11-13-26(14-12-24)33(37)35-18-17-27-21-28(39-2)15-16-30(27)40-3/h4-16,19-21H,17-18,22H2,1-3H3,(H,35,37)/b32-20+. The van der Waals surface area contributed by atoms with E-state index in [1.807, 2.05) is 67.6 Å². The van der Waals surface area contributed by atoms with Crippen LogP contribution in [-0.2, 0) is 17.8 Å². The van der Waals surface area contributed by atoms with Crippen LogP contribution in [0, 0.1) is 6.92 Å². The zero-order valence-electron chi connectivity index (χ0n) is 23.3. The molecule has 0 unspecified atom stereocenters. The number of nitrogens with zero attached hydrogens (tertiary/aromatic N) is 1. The summed E-state index contributed by atoms with van der Waals surface area (Å²) in [6, 6.07) is 28.3. The monoisotopic (exact) mass is 548 g/mol. The fourth-order valence-electron chi connectivity index (χ4n) is 4.78. The van der Waals surface area contributed by atoms with Crippen molar-refractivity contribution in [2.24, 2.45) is 0 Å². The number of fused-ring (bicyclic) bond motifs is 1. The van der Waals surface area contributed by atoms with Gasteiger partial charge >= 0.3 is 0 Å². The first-order valence-corrected chi connectivity index (χ1v) is 13.4. The van der Waals surface area contributed by atoms with Crippen molar-refractivity contribution >= 4 is 23.6 Å². The fourth-order valence-corrected chi connectivity index (χ4v) is 4.78. The molecule has 0 fully saturated rings. The van der Waals surface area contributed by atoms with Crippen molar-refractivity contribution in [3.05, 3.63) is 125 Å². The summed E-state index contributed by atoms with van der Waals surface area (Å²) in [6.07, 6.45) is 2.30. The maximum Gasteiger partial charge on any atom is 0.294 e. The largest absolute Gasteiger partial charge is 0.497 e. The number of anilines is 1. The number of methoxy groups -OCH3 is 2. The van der Waals surface area contributed by atoms with E-state index >= 15 is 0 Å². The van der Waals surface area contributed by atoms with Gasteiger partial charge < -0.3 is 19.5 Å². The lowest BCUT2D eigenvalue weighted by atomic mass is 10.1. The molecule has 4 aromatic carbocycles. The van der Waals surface area contributed by atoms with E-state index in [0.717, 1.165) is 39.4 Å². The van der Waals surface area contributed by atoms with Crippen LogP contribution in [0.25, 0.3) is 6.08 Å². The van der Waals surface area contributed by atoms with E-state index in [1.54, 1.807) is 49.5 Å². The van der Waals surface area contributed by atoms with Crippen molar-refractivity contribution in [2.45, 2.75) is 19.9 Å². The molecule has 0 aromatic heterocycles. The number of rotatable bonds is 9. The number of ether oxygens (including phenoxy) is 3. The van der Waals surface area contributed by atoms with E-state index in [2.05, 4.69) is 11.4 Å². The summed E-state index contributed by atoms with van der Waals surface area (Å²) >= 11 is 0. The second-order valence-corrected chi connectivity index (χ2v) is 9.76. The highest BCUT2D eigenvalue weighted by Crippen LogP contribution is 2.36. The van der Waals surface area contributed by atoms with Crippen LogP contribution in [0.1, 0.15) is 32.6 Å². The third-order valence-electron chi connectivity index (χ3n) is 6.89. The van der Waals surface area contributed by atoms with Gasteiger partial charge in [0.05, 0.1) is 26.5 Å². The molecule has 5 rings (SSSR count). The molecule has 0 spiro atoms. The summed E-state index contributed by atoms with van der Waals surface area (Å²) in [5.74, 6) is 1.92. The zero-order valence-corrected chi connectivity index (χ0v) is 23.3. The number of para-hydroxylation sites is 2. The first kappa shape index (κ1) is 27.5. The molecule has 7 heteroatoms. The van der Waals surface area contributed by atoms with Gasteiger partial charge in [-0.25, -0.2) is 0 Å². The molecule has 1 aliphatic rings. The molecular weight excluding hydrogens is 516 g/mol. The molecule has 4 aromatic rings. The maximum atomic E-state index is 13.5. The highest BCUT2D eigenvalue weighted by Gasteiger charge is 2.30. The summed E-state index contributed by atoms with van der Waals surface area (Å²) < 4.78 is 16.7. The Morgan fingerprint density at radius 1 is 0.927 bits per heavy atom. The molecule has 0 atom stereocenters. The van der Waals surface area contributed by atoms with Gasteiger partial charge in [-0.2, -0.15) is 0 Å². The average Bonchev–Trinajstić information content (AvgIpc) is 2.99. The predicted octanol–water partition coefficient (Wildman–Crippen LogP) is 5.95. The lowest BCUT2D eigenvalue weighted by molar-refractivity contribution is -0.117. The highest BCUT2D eigenvalue weighted by molar-refractivity contribution is 6.09. The van der Waals surface area contributed by atoms with Crippen molar-refractivity contribution in [1.29, 1.82) is 0 Å². The van der Waals surface area contributed by atoms with Gasteiger partial charge in [0.15, 0.2) is 11.5 Å². The minimum absolute atomic E-state index is 0.186. The topological polar surface area (TPSA) is 77.1 Å². The highest BCUT2D eigenvalue weighted by atomic mass is 16.5. The van der Waals surface area contributed by atoms with E-state index in [9.17, 15) is 9.59 Å². The fraction of sp³-hybridized carbons (Fsp3) is 0.176. The van der Waals surface area contributed by atoms with Crippen LogP contribution < -0.4 is 24.4 Å². The summed E-state index contributed by atoms with van der Waals surface area (Å²) in [5, 5.41) is 2.95. The quantitative estimate of drug-likeness (QED) is 0.262. The van der Waals surface area contributed by atoms with Crippen LogP contribution in [0.5, 0.6) is 17.2 Å². The van der Waals surface area contributed by atoms with E-state index in [-0.39, 0.29) is 17.6 Å². The number of benzene rings is 4. The molecule has 0 saturated heterocycles. The molecule has 1 aliphatic heterocycles. The number of carbonyl (C=O) groups excluding carboxylic acids is 2. The first-order valence-electron chi connectivity index (χ1n) is 13.4. The lowest BCUT2D eigenvalue weighted by Crippen LogP contribution is -2.36. The van der Waals surface area contributed by atoms with Crippen LogP contribution >= 0.6 is 0 Å². The normalized spacial score (nSPS) is 13.4. The Bertz CT molecular complexity index is 1590. The number of hydrogen-bond donors (Lipinski definition) is 1. The van der Waals surface area contributed by atoms with Gasteiger partial charge in [0.25, 0.3) is 11.8 Å². The molecule has 2 amide bonds. The summed E-state index contributed by atoms with van der Waals surface area (Å²) in [7, 11) is 3.23. The van der Waals surface area contributed by atoms with E-state index in [4.69, 9.17) is 14.2 Å². The molecule has 208 valence electrons. The lowest BCUT2D eigenvalue weighted by Gasteiger charge is -2.30. The van der Waals surface area contributed by atoms with Crippen LogP contribution in [0.15, 0.2) is 96.8 Å². The minimum Gasteiger partial charge on any atom is -0.497 e. The summed E-state index contributed by atoms with van der Waals surface area (Å²) in [6.45, 7) is 2.90. The van der Waals surface area contributed by atoms with Crippen LogP contribution in [-0.4, -0.2) is 32.6 Å². The van der Waals surface area contributed by atoms with E-state index in [1.165, 1.54) is 0 Å². The van der Waals surface area contributed by atoms with Crippen LogP contribution in [0.3, 0.4) is 0 Å². The second-order valence-electron chi connectivity index (χ2n) is 9.76. The molecule has 0 bridgehead atoms. The SMILES string of the molecule is COc1ccc(OC)c(CCNC(=O)c2ccc(/C=C3/Oc4ccccc4N(Cc4cccc(C)c4)C3=O)cc2)c1. The van der Waals surface area contributed by atoms with Gasteiger partial charge in [-0.3, -0.25) is 14.5 Å². The van der Waals surface area contributed by atoms with Gasteiger partial charge in [0.1, 0.15) is 11.5 Å². The minimum atomic E-state index is -0.222. The molecule has 1 N–H and O–H groups in total. The zero-order chi connectivity index (χ0) is 28.8. The Hall–Kier alpha value is -5.04. The predicted molar refractivity (Wildman–Crippen MR) is 159 cm³/mol. The Morgan fingerprint density at radius 2 is 1.73 bits per heavy atom. The Kier molecular flexibility index (Phi) is 8.34. The first-order chi connectivity index (χ1) is 19.9. The molecule has 41 heavy (non-hydrogen) atoms. The Balaban J connectivity index is 1.27. The van der Waals surface area contributed by atoms with Crippen molar-refractivity contribution in [2.75, 3.05) is 25.7 Å². The number of nitrogens with one attached hydrogen (secondary N) is 1. The molecular formula is C34H32N2O5. The third-order valence-corrected chi connectivity index (χ3v) is 6.89. The molecule has 7 nitrogen and oxygen atoms in total. The van der Waals surface area contributed by atoms with Gasteiger partial charge in [-0.15, -0.1) is 0 Å². The van der Waals surface area contributed by atoms with Crippen LogP contribution in [0.4, 0.5) is 5.69 Å². The second kappa shape index (κ2) is 12.4. The van der Waals surface area contributed by atoms with Crippen molar-refractivity contribution in [3.8, 4) is 17.2 Å². The molecule has 0 saturated carbocycles. The molecule has 0 aliphatic carbocycles. The van der Waals surface area contributed by atoms with Gasteiger partial charge in [0.2, 0.25) is 0 Å². The smallest absolute Gasteiger partial charge is 0.294 e. The Labute approximate surface area is 240 Å². The van der Waals surface area contributed by atoms with E-state index in [0.29, 0.717) is 30.8 Å². The van der Waals surface area contributed by atoms with Crippen molar-refractivity contribution < 1.29 is 23.8 Å². The third kappa shape index (κ3) is 6.41. The number of amides is 2. The Morgan fingerprint density at radius 3 is 2.49 bits per heavy atom. The maximum absolute atomic E-state index is 13.5. The molecule has 1 heterocycles. The molecule has 0 radical (unpaired) electrons. The summed E-state index contributed by atoms with van der Waals surface area (Å²) in [4.78, 5) is 28.0. The van der Waals surface area contributed by atoms with Gasteiger partial charge in [0, 0.05) is 12.1 Å². The van der Waals surface area contributed by atoms with Gasteiger partial charge in [-0.05, 0) is 78.6 Å². The van der Waals surface area contributed by atoms with Crippen molar-refractivity contribution in [3.63, 3.8) is 0 Å². The van der Waals surface area contributed by atoms with Crippen molar-refractivity contribution in [1.82, 2.24) is 5.32 Å². The van der Waals surface area contributed by atoms with E-state index < -0.39 is 0 Å². The number of hydrogen-bond acceptors (Lipinski definition) is 5. The van der Waals surface area contributed by atoms with Crippen LogP contribution in [0.2, 0.25) is 0 Å². The number of aryl methyl sites for hydroxylation is 1. The average molecular weight is 549 g/mol.